The Kier molecular flexibility index (Phi) is 4.10. The molecule has 0 saturated carbocycles. The quantitative estimate of drug-likeness (QED) is 0.943. The number of benzene rings is 1. The Balaban J connectivity index is 2.06. The molecule has 19 heavy (non-hydrogen) atoms. The largest absolute Gasteiger partial charge is 0.343 e. The van der Waals surface area contributed by atoms with Crippen LogP contribution < -0.4 is 5.32 Å². The molecule has 7 heteroatoms. The second kappa shape index (κ2) is 5.78. The smallest absolute Gasteiger partial charge is 0.282 e. The lowest BCUT2D eigenvalue weighted by Gasteiger charge is -2.12. The third-order valence-electron chi connectivity index (χ3n) is 2.48. The van der Waals surface area contributed by atoms with Crippen LogP contribution in [0.15, 0.2) is 24.3 Å². The first-order valence-electron chi connectivity index (χ1n) is 5.40. The molecule has 0 saturated heterocycles. The summed E-state index contributed by atoms with van der Waals surface area (Å²) in [5, 5.41) is 19.0. The Morgan fingerprint density at radius 2 is 2.11 bits per heavy atom. The number of nitrogens with zero attached hydrogens (tertiary/aromatic N) is 3. The molecule has 5 nitrogen and oxygen atoms in total. The van der Waals surface area contributed by atoms with E-state index in [-0.39, 0.29) is 21.4 Å². The summed E-state index contributed by atoms with van der Waals surface area (Å²) in [6.07, 6.45) is 0. The van der Waals surface area contributed by atoms with Gasteiger partial charge in [-0.1, -0.05) is 23.5 Å². The molecule has 0 fully saturated rings. The average Bonchev–Trinajstić information content (AvgIpc) is 2.85. The van der Waals surface area contributed by atoms with E-state index in [9.17, 15) is 4.79 Å². The average molecular weight is 293 g/mol. The first-order chi connectivity index (χ1) is 9.10. The summed E-state index contributed by atoms with van der Waals surface area (Å²) in [5.74, 6) is -0.318. The van der Waals surface area contributed by atoms with E-state index >= 15 is 0 Å². The minimum atomic E-state index is -0.318. The van der Waals surface area contributed by atoms with Gasteiger partial charge in [-0.2, -0.15) is 5.26 Å². The number of carbonyl (C=O) groups is 1. The van der Waals surface area contributed by atoms with E-state index in [0.717, 1.165) is 16.9 Å². The van der Waals surface area contributed by atoms with Gasteiger partial charge >= 0.3 is 0 Å². The van der Waals surface area contributed by atoms with Crippen molar-refractivity contribution in [3.05, 3.63) is 44.9 Å². The van der Waals surface area contributed by atoms with Crippen LogP contribution in [0.4, 0.5) is 0 Å². The van der Waals surface area contributed by atoms with Crippen molar-refractivity contribution in [1.29, 1.82) is 5.26 Å². The molecule has 0 aliphatic carbocycles. The van der Waals surface area contributed by atoms with Gasteiger partial charge in [0, 0.05) is 0 Å². The monoisotopic (exact) mass is 292 g/mol. The van der Waals surface area contributed by atoms with Crippen LogP contribution in [0.1, 0.15) is 33.9 Å². The lowest BCUT2D eigenvalue weighted by atomic mass is 10.1. The zero-order valence-electron chi connectivity index (χ0n) is 9.92. The van der Waals surface area contributed by atoms with Crippen LogP contribution in [0, 0.1) is 11.3 Å². The fourth-order valence-corrected chi connectivity index (χ4v) is 2.22. The molecule has 1 aromatic heterocycles. The Hall–Kier alpha value is -1.97. The first-order valence-corrected chi connectivity index (χ1v) is 6.59. The van der Waals surface area contributed by atoms with Crippen LogP contribution in [0.3, 0.4) is 0 Å². The minimum absolute atomic E-state index is 0.192. The van der Waals surface area contributed by atoms with Gasteiger partial charge in [-0.25, -0.2) is 0 Å². The summed E-state index contributed by atoms with van der Waals surface area (Å²) < 4.78 is 0.233. The Morgan fingerprint density at radius 1 is 1.42 bits per heavy atom. The number of rotatable bonds is 3. The topological polar surface area (TPSA) is 78.7 Å². The van der Waals surface area contributed by atoms with Crippen molar-refractivity contribution < 1.29 is 4.79 Å². The van der Waals surface area contributed by atoms with E-state index in [1.54, 1.807) is 24.3 Å². The van der Waals surface area contributed by atoms with Gasteiger partial charge in [0.2, 0.25) is 9.47 Å². The van der Waals surface area contributed by atoms with Gasteiger partial charge < -0.3 is 5.32 Å². The van der Waals surface area contributed by atoms with E-state index in [2.05, 4.69) is 15.5 Å². The van der Waals surface area contributed by atoms with Crippen molar-refractivity contribution in [2.24, 2.45) is 0 Å². The van der Waals surface area contributed by atoms with Crippen LogP contribution >= 0.6 is 22.9 Å². The standard InChI is InChI=1S/C12H9ClN4OS/c1-7(9-4-2-8(6-14)3-5-9)15-10(18)11-16-17-12(13)19-11/h2-5,7H,1H3,(H,15,18). The first kappa shape index (κ1) is 13.5. The van der Waals surface area contributed by atoms with Crippen LogP contribution in [-0.2, 0) is 0 Å². The summed E-state index contributed by atoms with van der Waals surface area (Å²) in [7, 11) is 0. The molecule has 0 aliphatic heterocycles. The maximum absolute atomic E-state index is 11.9. The second-order valence-electron chi connectivity index (χ2n) is 3.79. The molecule has 1 atom stereocenters. The van der Waals surface area contributed by atoms with Crippen molar-refractivity contribution in [2.75, 3.05) is 0 Å². The maximum atomic E-state index is 11.9. The molecule has 1 N–H and O–H groups in total. The number of carbonyl (C=O) groups excluding carboxylic acids is 1. The van der Waals surface area contributed by atoms with Gasteiger partial charge in [0.15, 0.2) is 0 Å². The van der Waals surface area contributed by atoms with Gasteiger partial charge in [-0.05, 0) is 36.2 Å². The van der Waals surface area contributed by atoms with Crippen molar-refractivity contribution in [3.63, 3.8) is 0 Å². The zero-order chi connectivity index (χ0) is 13.8. The van der Waals surface area contributed by atoms with E-state index in [0.29, 0.717) is 5.56 Å². The van der Waals surface area contributed by atoms with Crippen LogP contribution in [0.2, 0.25) is 4.47 Å². The Morgan fingerprint density at radius 3 is 2.63 bits per heavy atom. The van der Waals surface area contributed by atoms with E-state index in [1.807, 2.05) is 13.0 Å². The van der Waals surface area contributed by atoms with Gasteiger partial charge in [-0.15, -0.1) is 10.2 Å². The molecule has 2 aromatic rings. The van der Waals surface area contributed by atoms with Gasteiger partial charge in [-0.3, -0.25) is 4.79 Å². The molecule has 1 unspecified atom stereocenters. The van der Waals surface area contributed by atoms with Crippen LogP contribution in [0.25, 0.3) is 0 Å². The highest BCUT2D eigenvalue weighted by Gasteiger charge is 2.15. The van der Waals surface area contributed by atoms with Crippen LogP contribution in [0.5, 0.6) is 0 Å². The molecule has 1 heterocycles. The maximum Gasteiger partial charge on any atom is 0.282 e. The molecular formula is C12H9ClN4OS. The Bertz CT molecular complexity index is 632. The number of amides is 1. The number of nitrogens with one attached hydrogen (secondary N) is 1. The number of nitriles is 1. The van der Waals surface area contributed by atoms with Gasteiger partial charge in [0.05, 0.1) is 17.7 Å². The highest BCUT2D eigenvalue weighted by molar-refractivity contribution is 7.17. The second-order valence-corrected chi connectivity index (χ2v) is 5.35. The van der Waals surface area contributed by atoms with E-state index in [1.165, 1.54) is 0 Å². The molecular weight excluding hydrogens is 284 g/mol. The number of halogens is 1. The number of aromatic nitrogens is 2. The molecule has 0 bridgehead atoms. The van der Waals surface area contributed by atoms with Crippen molar-refractivity contribution in [1.82, 2.24) is 15.5 Å². The summed E-state index contributed by atoms with van der Waals surface area (Å²) >= 11 is 6.65. The summed E-state index contributed by atoms with van der Waals surface area (Å²) in [5.41, 5.74) is 1.49. The fraction of sp³-hybridized carbons (Fsp3) is 0.167. The predicted molar refractivity (Wildman–Crippen MR) is 72.0 cm³/mol. The SMILES string of the molecule is CC(NC(=O)c1nnc(Cl)s1)c1ccc(C#N)cc1. The molecule has 0 spiro atoms. The molecule has 2 rings (SSSR count). The van der Waals surface area contributed by atoms with Crippen LogP contribution in [-0.4, -0.2) is 16.1 Å². The zero-order valence-corrected chi connectivity index (χ0v) is 11.5. The predicted octanol–water partition coefficient (Wildman–Crippen LogP) is 2.55. The molecule has 96 valence electrons. The molecule has 0 aliphatic rings. The minimum Gasteiger partial charge on any atom is -0.343 e. The summed E-state index contributed by atoms with van der Waals surface area (Å²) in [6.45, 7) is 1.85. The Labute approximate surface area is 118 Å². The van der Waals surface area contributed by atoms with E-state index < -0.39 is 0 Å². The van der Waals surface area contributed by atoms with Crippen molar-refractivity contribution in [3.8, 4) is 6.07 Å². The third-order valence-corrected chi connectivity index (χ3v) is 3.50. The van der Waals surface area contributed by atoms with Gasteiger partial charge in [0.25, 0.3) is 5.91 Å². The third kappa shape index (κ3) is 3.28. The van der Waals surface area contributed by atoms with Crippen molar-refractivity contribution >= 4 is 28.8 Å². The van der Waals surface area contributed by atoms with E-state index in [4.69, 9.17) is 16.9 Å². The molecule has 1 aromatic carbocycles. The lowest BCUT2D eigenvalue weighted by molar-refractivity contribution is 0.0939. The number of hydrogen-bond acceptors (Lipinski definition) is 5. The molecule has 0 radical (unpaired) electrons. The summed E-state index contributed by atoms with van der Waals surface area (Å²) in [4.78, 5) is 11.9. The fourth-order valence-electron chi connectivity index (χ4n) is 1.49. The van der Waals surface area contributed by atoms with Gasteiger partial charge in [0.1, 0.15) is 0 Å². The van der Waals surface area contributed by atoms with Crippen molar-refractivity contribution in [2.45, 2.75) is 13.0 Å². The number of hydrogen-bond donors (Lipinski definition) is 1. The molecule has 1 amide bonds. The highest BCUT2D eigenvalue weighted by atomic mass is 35.5. The highest BCUT2D eigenvalue weighted by Crippen LogP contribution is 2.17. The summed E-state index contributed by atoms with van der Waals surface area (Å²) in [6, 6.07) is 8.87. The normalized spacial score (nSPS) is 11.6. The lowest BCUT2D eigenvalue weighted by Crippen LogP contribution is -2.26.